The highest BCUT2D eigenvalue weighted by Crippen LogP contribution is 2.33. The fourth-order valence-corrected chi connectivity index (χ4v) is 2.07. The Balaban J connectivity index is 2.24. The Bertz CT molecular complexity index is 597. The van der Waals surface area contributed by atoms with Crippen molar-refractivity contribution in [3.05, 3.63) is 52.0 Å². The molecular weight excluding hydrogens is 314 g/mol. The van der Waals surface area contributed by atoms with Crippen LogP contribution >= 0.6 is 23.2 Å². The third kappa shape index (κ3) is 3.32. The molecule has 0 radical (unpaired) electrons. The van der Waals surface area contributed by atoms with Gasteiger partial charge in [-0.3, -0.25) is 0 Å². The molecular formula is C12H8Cl2F3N3. The van der Waals surface area contributed by atoms with Crippen LogP contribution in [0.25, 0.3) is 0 Å². The predicted octanol–water partition coefficient (Wildman–Crippen LogP) is 4.41. The molecule has 0 spiro atoms. The summed E-state index contributed by atoms with van der Waals surface area (Å²) in [5.41, 5.74) is -0.430. The molecule has 0 saturated heterocycles. The molecule has 1 aromatic carbocycles. The second kappa shape index (κ2) is 5.85. The summed E-state index contributed by atoms with van der Waals surface area (Å²) in [7, 11) is 0. The van der Waals surface area contributed by atoms with E-state index in [1.165, 1.54) is 24.5 Å². The van der Waals surface area contributed by atoms with Crippen molar-refractivity contribution in [2.45, 2.75) is 12.7 Å². The van der Waals surface area contributed by atoms with Crippen molar-refractivity contribution in [1.29, 1.82) is 0 Å². The molecule has 0 saturated carbocycles. The van der Waals surface area contributed by atoms with Gasteiger partial charge in [0.2, 0.25) is 0 Å². The molecule has 8 heteroatoms. The first-order chi connectivity index (χ1) is 9.39. The third-order valence-corrected chi connectivity index (χ3v) is 3.11. The van der Waals surface area contributed by atoms with Gasteiger partial charge >= 0.3 is 6.18 Å². The van der Waals surface area contributed by atoms with Gasteiger partial charge in [-0.1, -0.05) is 41.4 Å². The number of aromatic nitrogens is 2. The molecule has 3 nitrogen and oxygen atoms in total. The van der Waals surface area contributed by atoms with Crippen molar-refractivity contribution in [2.24, 2.45) is 0 Å². The SMILES string of the molecule is FC(F)(F)c1ccccc1CNc1c(Cl)ncnc1Cl. The van der Waals surface area contributed by atoms with Crippen molar-refractivity contribution in [3.8, 4) is 0 Å². The maximum absolute atomic E-state index is 12.8. The minimum Gasteiger partial charge on any atom is -0.376 e. The Morgan fingerprint density at radius 1 is 1.05 bits per heavy atom. The van der Waals surface area contributed by atoms with E-state index in [4.69, 9.17) is 23.2 Å². The van der Waals surface area contributed by atoms with Crippen LogP contribution in [0, 0.1) is 0 Å². The number of hydrogen-bond donors (Lipinski definition) is 1. The summed E-state index contributed by atoms with van der Waals surface area (Å²) in [6, 6.07) is 5.25. The lowest BCUT2D eigenvalue weighted by Crippen LogP contribution is -2.12. The average Bonchev–Trinajstić information content (AvgIpc) is 2.37. The number of halogens is 5. The number of alkyl halides is 3. The normalized spacial score (nSPS) is 11.4. The number of benzene rings is 1. The second-order valence-corrected chi connectivity index (χ2v) is 4.55. The molecule has 0 aliphatic carbocycles. The molecule has 2 aromatic rings. The molecule has 20 heavy (non-hydrogen) atoms. The van der Waals surface area contributed by atoms with E-state index in [0.717, 1.165) is 6.07 Å². The Morgan fingerprint density at radius 2 is 1.65 bits per heavy atom. The number of hydrogen-bond acceptors (Lipinski definition) is 3. The molecule has 1 aromatic heterocycles. The molecule has 1 heterocycles. The van der Waals surface area contributed by atoms with E-state index < -0.39 is 11.7 Å². The van der Waals surface area contributed by atoms with Gasteiger partial charge < -0.3 is 5.32 Å². The van der Waals surface area contributed by atoms with E-state index >= 15 is 0 Å². The second-order valence-electron chi connectivity index (χ2n) is 3.84. The van der Waals surface area contributed by atoms with Gasteiger partial charge in [-0.2, -0.15) is 13.2 Å². The zero-order valence-corrected chi connectivity index (χ0v) is 11.4. The minimum absolute atomic E-state index is 0.0505. The quantitative estimate of drug-likeness (QED) is 0.851. The third-order valence-electron chi connectivity index (χ3n) is 2.53. The van der Waals surface area contributed by atoms with Gasteiger partial charge in [0, 0.05) is 6.54 Å². The molecule has 0 unspecified atom stereocenters. The van der Waals surface area contributed by atoms with Crippen molar-refractivity contribution in [1.82, 2.24) is 9.97 Å². The molecule has 0 bridgehead atoms. The first-order valence-electron chi connectivity index (χ1n) is 5.44. The average molecular weight is 322 g/mol. The van der Waals surface area contributed by atoms with E-state index in [1.54, 1.807) is 0 Å². The van der Waals surface area contributed by atoms with Crippen molar-refractivity contribution < 1.29 is 13.2 Å². The summed E-state index contributed by atoms with van der Waals surface area (Å²) in [6.45, 7) is -0.0947. The van der Waals surface area contributed by atoms with E-state index in [0.29, 0.717) is 0 Å². The summed E-state index contributed by atoms with van der Waals surface area (Å²) in [4.78, 5) is 7.42. The van der Waals surface area contributed by atoms with Crippen molar-refractivity contribution in [2.75, 3.05) is 5.32 Å². The fourth-order valence-electron chi connectivity index (χ4n) is 1.62. The number of anilines is 1. The summed E-state index contributed by atoms with van der Waals surface area (Å²) >= 11 is 11.6. The first kappa shape index (κ1) is 14.9. The molecule has 106 valence electrons. The van der Waals surface area contributed by atoms with Crippen LogP contribution in [-0.4, -0.2) is 9.97 Å². The van der Waals surface area contributed by atoms with Crippen LogP contribution in [0.4, 0.5) is 18.9 Å². The van der Waals surface area contributed by atoms with E-state index in [2.05, 4.69) is 15.3 Å². The molecule has 2 rings (SSSR count). The predicted molar refractivity (Wildman–Crippen MR) is 70.8 cm³/mol. The number of nitrogens with one attached hydrogen (secondary N) is 1. The summed E-state index contributed by atoms with van der Waals surface area (Å²) in [5.74, 6) is 0. The van der Waals surface area contributed by atoms with Crippen molar-refractivity contribution in [3.63, 3.8) is 0 Å². The van der Waals surface area contributed by atoms with E-state index in [1.807, 2.05) is 0 Å². The van der Waals surface area contributed by atoms with Gasteiger partial charge in [-0.15, -0.1) is 0 Å². The van der Waals surface area contributed by atoms with Crippen LogP contribution in [0.3, 0.4) is 0 Å². The molecule has 0 aliphatic rings. The van der Waals surface area contributed by atoms with E-state index in [-0.39, 0.29) is 28.1 Å². The van der Waals surface area contributed by atoms with Crippen LogP contribution in [0.15, 0.2) is 30.6 Å². The highest BCUT2D eigenvalue weighted by atomic mass is 35.5. The Kier molecular flexibility index (Phi) is 4.35. The van der Waals surface area contributed by atoms with Crippen LogP contribution < -0.4 is 5.32 Å². The lowest BCUT2D eigenvalue weighted by Gasteiger charge is -2.14. The topological polar surface area (TPSA) is 37.8 Å². The van der Waals surface area contributed by atoms with Crippen molar-refractivity contribution >= 4 is 28.9 Å². The summed E-state index contributed by atoms with van der Waals surface area (Å²) in [5, 5.41) is 2.82. The largest absolute Gasteiger partial charge is 0.416 e. The van der Waals surface area contributed by atoms with Crippen LogP contribution in [0.5, 0.6) is 0 Å². The summed E-state index contributed by atoms with van der Waals surface area (Å²) < 4.78 is 38.5. The van der Waals surface area contributed by atoms with Crippen LogP contribution in [0.1, 0.15) is 11.1 Å². The Morgan fingerprint density at radius 3 is 2.25 bits per heavy atom. The summed E-state index contributed by atoms with van der Waals surface area (Å²) in [6.07, 6.45) is -3.25. The smallest absolute Gasteiger partial charge is 0.376 e. The monoisotopic (exact) mass is 321 g/mol. The lowest BCUT2D eigenvalue weighted by atomic mass is 10.1. The molecule has 0 aliphatic heterocycles. The highest BCUT2D eigenvalue weighted by molar-refractivity contribution is 6.37. The van der Waals surface area contributed by atoms with Gasteiger partial charge in [0.1, 0.15) is 12.0 Å². The standard InChI is InChI=1S/C12H8Cl2F3N3/c13-10-9(11(14)20-6-19-10)18-5-7-3-1-2-4-8(7)12(15,16)17/h1-4,6,18H,5H2. The maximum Gasteiger partial charge on any atom is 0.416 e. The lowest BCUT2D eigenvalue weighted by molar-refractivity contribution is -0.138. The van der Waals surface area contributed by atoms with Gasteiger partial charge in [0.25, 0.3) is 0 Å². The zero-order valence-electron chi connectivity index (χ0n) is 9.88. The fraction of sp³-hybridized carbons (Fsp3) is 0.167. The Hall–Kier alpha value is -1.53. The molecule has 0 amide bonds. The zero-order chi connectivity index (χ0) is 14.8. The van der Waals surface area contributed by atoms with Gasteiger partial charge in [-0.25, -0.2) is 9.97 Å². The van der Waals surface area contributed by atoms with Gasteiger partial charge in [0.05, 0.1) is 5.56 Å². The van der Waals surface area contributed by atoms with Gasteiger partial charge in [-0.05, 0) is 11.6 Å². The minimum atomic E-state index is -4.42. The number of rotatable bonds is 3. The van der Waals surface area contributed by atoms with Gasteiger partial charge in [0.15, 0.2) is 10.3 Å². The van der Waals surface area contributed by atoms with Crippen LogP contribution in [-0.2, 0) is 12.7 Å². The molecule has 1 N–H and O–H groups in total. The Labute approximate surface area is 122 Å². The molecule has 0 atom stereocenters. The van der Waals surface area contributed by atoms with E-state index in [9.17, 15) is 13.2 Å². The first-order valence-corrected chi connectivity index (χ1v) is 6.20. The highest BCUT2D eigenvalue weighted by Gasteiger charge is 2.32. The number of nitrogens with zero attached hydrogens (tertiary/aromatic N) is 2. The van der Waals surface area contributed by atoms with Crippen LogP contribution in [0.2, 0.25) is 10.3 Å². The molecule has 0 fully saturated rings. The maximum atomic E-state index is 12.8.